The summed E-state index contributed by atoms with van der Waals surface area (Å²) in [5, 5.41) is 4.85. The summed E-state index contributed by atoms with van der Waals surface area (Å²) >= 11 is 23.4. The predicted octanol–water partition coefficient (Wildman–Crippen LogP) is 5.29. The summed E-state index contributed by atoms with van der Waals surface area (Å²) in [6, 6.07) is 5.60. The second-order valence-electron chi connectivity index (χ2n) is 5.03. The zero-order chi connectivity index (χ0) is 19.5. The molecule has 0 fully saturated rings. The van der Waals surface area contributed by atoms with Crippen LogP contribution in [0.15, 0.2) is 42.7 Å². The Labute approximate surface area is 166 Å². The van der Waals surface area contributed by atoms with Crippen LogP contribution in [0.1, 0.15) is 15.9 Å². The van der Waals surface area contributed by atoms with Gasteiger partial charge >= 0.3 is 6.18 Å². The van der Waals surface area contributed by atoms with Gasteiger partial charge in [0.2, 0.25) is 3.79 Å². The number of anilines is 1. The predicted molar refractivity (Wildman–Crippen MR) is 95.9 cm³/mol. The van der Waals surface area contributed by atoms with Crippen LogP contribution in [0.2, 0.25) is 5.02 Å². The van der Waals surface area contributed by atoms with Gasteiger partial charge in [0.05, 0.1) is 21.8 Å². The van der Waals surface area contributed by atoms with Crippen LogP contribution in [0.5, 0.6) is 0 Å². The Morgan fingerprint density at radius 3 is 2.38 bits per heavy atom. The van der Waals surface area contributed by atoms with E-state index in [0.29, 0.717) is 0 Å². The molecule has 0 unspecified atom stereocenters. The Hall–Kier alpha value is -1.41. The molecular formula is C15H10Cl4F3N3O. The number of aromatic nitrogens is 1. The average molecular weight is 447 g/mol. The molecule has 1 atom stereocenters. The molecule has 2 aromatic rings. The lowest BCUT2D eigenvalue weighted by Gasteiger charge is -2.28. The van der Waals surface area contributed by atoms with Crippen molar-refractivity contribution in [2.24, 2.45) is 0 Å². The first kappa shape index (κ1) is 20.9. The van der Waals surface area contributed by atoms with Gasteiger partial charge in [-0.15, -0.1) is 0 Å². The van der Waals surface area contributed by atoms with Gasteiger partial charge in [-0.05, 0) is 30.3 Å². The summed E-state index contributed by atoms with van der Waals surface area (Å²) in [6.45, 7) is 0. The lowest BCUT2D eigenvalue weighted by Crippen LogP contribution is -2.49. The van der Waals surface area contributed by atoms with Crippen LogP contribution in [0.25, 0.3) is 0 Å². The van der Waals surface area contributed by atoms with Crippen molar-refractivity contribution >= 4 is 58.0 Å². The van der Waals surface area contributed by atoms with Crippen molar-refractivity contribution in [3.05, 3.63) is 58.9 Å². The number of benzene rings is 1. The standard InChI is InChI=1S/C15H10Cl4F3N3O/c16-10-4-3-9(15(20,21)22)6-11(10)24-13(14(17,18)19)25-12(26)8-2-1-5-23-7-8/h1-7,13,24H,(H,25,26)/t13-/m1/s1. The third kappa shape index (κ3) is 5.54. The molecule has 0 aliphatic rings. The second kappa shape index (κ2) is 8.08. The maximum Gasteiger partial charge on any atom is 0.416 e. The van der Waals surface area contributed by atoms with E-state index >= 15 is 0 Å². The monoisotopic (exact) mass is 445 g/mol. The molecule has 0 saturated carbocycles. The summed E-state index contributed by atoms with van der Waals surface area (Å²) in [4.78, 5) is 16.0. The Balaban J connectivity index is 2.28. The normalized spacial score (nSPS) is 13.2. The highest BCUT2D eigenvalue weighted by molar-refractivity contribution is 6.68. The fraction of sp³-hybridized carbons (Fsp3) is 0.200. The first-order chi connectivity index (χ1) is 12.0. The van der Waals surface area contributed by atoms with Crippen molar-refractivity contribution < 1.29 is 18.0 Å². The van der Waals surface area contributed by atoms with Crippen LogP contribution in [0, 0.1) is 0 Å². The van der Waals surface area contributed by atoms with Crippen molar-refractivity contribution in [3.63, 3.8) is 0 Å². The van der Waals surface area contributed by atoms with E-state index in [1.165, 1.54) is 24.5 Å². The van der Waals surface area contributed by atoms with Gasteiger partial charge in [0, 0.05) is 12.4 Å². The number of rotatable bonds is 4. The largest absolute Gasteiger partial charge is 0.416 e. The van der Waals surface area contributed by atoms with Crippen LogP contribution in [-0.4, -0.2) is 20.8 Å². The van der Waals surface area contributed by atoms with Crippen LogP contribution in [0.3, 0.4) is 0 Å². The fourth-order valence-corrected chi connectivity index (χ4v) is 2.38. The molecule has 1 aromatic heterocycles. The molecule has 0 saturated heterocycles. The third-order valence-electron chi connectivity index (χ3n) is 3.12. The van der Waals surface area contributed by atoms with Gasteiger partial charge in [0.15, 0.2) is 0 Å². The minimum Gasteiger partial charge on any atom is -0.361 e. The Kier molecular flexibility index (Phi) is 6.50. The van der Waals surface area contributed by atoms with E-state index in [0.717, 1.165) is 18.2 Å². The molecule has 11 heteroatoms. The summed E-state index contributed by atoms with van der Waals surface area (Å²) < 4.78 is 36.5. The summed E-state index contributed by atoms with van der Waals surface area (Å²) in [6.07, 6.45) is -3.22. The van der Waals surface area contributed by atoms with Crippen molar-refractivity contribution in [3.8, 4) is 0 Å². The molecule has 1 aromatic carbocycles. The number of halogens is 7. The number of pyridine rings is 1. The maximum atomic E-state index is 12.9. The van der Waals surface area contributed by atoms with Crippen LogP contribution < -0.4 is 10.6 Å². The molecule has 4 nitrogen and oxygen atoms in total. The number of carbonyl (C=O) groups excluding carboxylic acids is 1. The van der Waals surface area contributed by atoms with E-state index in [1.807, 2.05) is 0 Å². The fourth-order valence-electron chi connectivity index (χ4n) is 1.88. The zero-order valence-corrected chi connectivity index (χ0v) is 15.6. The summed E-state index contributed by atoms with van der Waals surface area (Å²) in [7, 11) is 0. The third-order valence-corrected chi connectivity index (χ3v) is 4.10. The minimum absolute atomic E-state index is 0.0483. The van der Waals surface area contributed by atoms with Gasteiger partial charge in [-0.3, -0.25) is 9.78 Å². The molecule has 0 bridgehead atoms. The van der Waals surface area contributed by atoms with Crippen LogP contribution in [0.4, 0.5) is 18.9 Å². The number of carbonyl (C=O) groups is 1. The molecule has 0 aliphatic carbocycles. The number of hydrogen-bond donors (Lipinski definition) is 2. The van der Waals surface area contributed by atoms with Gasteiger partial charge < -0.3 is 10.6 Å². The van der Waals surface area contributed by atoms with E-state index in [-0.39, 0.29) is 16.3 Å². The van der Waals surface area contributed by atoms with Gasteiger partial charge in [-0.2, -0.15) is 13.2 Å². The van der Waals surface area contributed by atoms with Crippen LogP contribution in [-0.2, 0) is 6.18 Å². The quantitative estimate of drug-likeness (QED) is 0.495. The lowest BCUT2D eigenvalue weighted by atomic mass is 10.2. The molecule has 0 spiro atoms. The summed E-state index contributed by atoms with van der Waals surface area (Å²) in [5.74, 6) is -0.648. The van der Waals surface area contributed by atoms with Crippen LogP contribution >= 0.6 is 46.4 Å². The van der Waals surface area contributed by atoms with Gasteiger partial charge in [-0.25, -0.2) is 0 Å². The molecule has 1 amide bonds. The van der Waals surface area contributed by atoms with Crippen molar-refractivity contribution in [1.29, 1.82) is 0 Å². The average Bonchev–Trinajstić information content (AvgIpc) is 2.54. The molecule has 140 valence electrons. The highest BCUT2D eigenvalue weighted by Gasteiger charge is 2.36. The highest BCUT2D eigenvalue weighted by Crippen LogP contribution is 2.36. The molecule has 1 heterocycles. The lowest BCUT2D eigenvalue weighted by molar-refractivity contribution is -0.137. The molecule has 2 rings (SSSR count). The van der Waals surface area contributed by atoms with Gasteiger partial charge in [-0.1, -0.05) is 46.4 Å². The molecule has 2 N–H and O–H groups in total. The first-order valence-electron chi connectivity index (χ1n) is 6.89. The van der Waals surface area contributed by atoms with Crippen molar-refractivity contribution in [2.45, 2.75) is 16.1 Å². The zero-order valence-electron chi connectivity index (χ0n) is 12.6. The Morgan fingerprint density at radius 1 is 1.15 bits per heavy atom. The summed E-state index contributed by atoms with van der Waals surface area (Å²) in [5.41, 5.74) is -0.945. The second-order valence-corrected chi connectivity index (χ2v) is 7.80. The molecular weight excluding hydrogens is 437 g/mol. The van der Waals surface area contributed by atoms with Gasteiger partial charge in [0.1, 0.15) is 6.17 Å². The van der Waals surface area contributed by atoms with Crippen molar-refractivity contribution in [1.82, 2.24) is 10.3 Å². The molecule has 0 aliphatic heterocycles. The minimum atomic E-state index is -4.59. The van der Waals surface area contributed by atoms with E-state index in [1.54, 1.807) is 0 Å². The smallest absolute Gasteiger partial charge is 0.361 e. The molecule has 26 heavy (non-hydrogen) atoms. The van der Waals surface area contributed by atoms with E-state index < -0.39 is 27.6 Å². The number of alkyl halides is 6. The number of amides is 1. The molecule has 0 radical (unpaired) electrons. The highest BCUT2D eigenvalue weighted by atomic mass is 35.6. The van der Waals surface area contributed by atoms with Crippen molar-refractivity contribution in [2.75, 3.05) is 5.32 Å². The SMILES string of the molecule is O=C(N[C@@H](Nc1cc(C(F)(F)F)ccc1Cl)C(Cl)(Cl)Cl)c1cccnc1. The number of hydrogen-bond acceptors (Lipinski definition) is 3. The number of nitrogens with one attached hydrogen (secondary N) is 2. The van der Waals surface area contributed by atoms with E-state index in [9.17, 15) is 18.0 Å². The van der Waals surface area contributed by atoms with Gasteiger partial charge in [0.25, 0.3) is 5.91 Å². The topological polar surface area (TPSA) is 54.0 Å². The van der Waals surface area contributed by atoms with E-state index in [4.69, 9.17) is 46.4 Å². The maximum absolute atomic E-state index is 12.9. The number of nitrogens with zero attached hydrogens (tertiary/aromatic N) is 1. The Bertz CT molecular complexity index is 782. The first-order valence-corrected chi connectivity index (χ1v) is 8.40. The Morgan fingerprint density at radius 2 is 1.85 bits per heavy atom. The van der Waals surface area contributed by atoms with E-state index in [2.05, 4.69) is 15.6 Å².